The molecule has 0 aliphatic carbocycles. The van der Waals surface area contributed by atoms with Crippen molar-refractivity contribution in [2.24, 2.45) is 0 Å². The lowest BCUT2D eigenvalue weighted by Gasteiger charge is -2.20. The molecule has 3 aromatic carbocycles. The van der Waals surface area contributed by atoms with Gasteiger partial charge in [-0.05, 0) is 73.5 Å². The highest BCUT2D eigenvalue weighted by atomic mass is 32.2. The topological polar surface area (TPSA) is 84.4 Å². The standard InChI is InChI=1S/C28H28N4O3S/c33-36(34,26-16-14-25(15-17-26)35-24-8-4-3-5-9-24)31-23-12-10-22(11-13-23)27-18-19-28(30-29-27)32-20-6-1-2-7-21-32/h3-5,8-19,31H,1-2,6-7,20-21H2. The summed E-state index contributed by atoms with van der Waals surface area (Å²) in [4.78, 5) is 2.45. The molecule has 5 rings (SSSR count). The molecule has 0 spiro atoms. The normalized spacial score (nSPS) is 14.2. The van der Waals surface area contributed by atoms with Gasteiger partial charge in [-0.2, -0.15) is 0 Å². The maximum atomic E-state index is 12.9. The van der Waals surface area contributed by atoms with Crippen LogP contribution in [0.4, 0.5) is 11.5 Å². The Morgan fingerprint density at radius 2 is 1.36 bits per heavy atom. The van der Waals surface area contributed by atoms with Crippen LogP contribution in [0.1, 0.15) is 25.7 Å². The van der Waals surface area contributed by atoms with Crippen LogP contribution in [0.5, 0.6) is 11.5 Å². The summed E-state index contributed by atoms with van der Waals surface area (Å²) >= 11 is 0. The van der Waals surface area contributed by atoms with Gasteiger partial charge in [0, 0.05) is 24.3 Å². The highest BCUT2D eigenvalue weighted by Crippen LogP contribution is 2.26. The molecular formula is C28H28N4O3S. The highest BCUT2D eigenvalue weighted by molar-refractivity contribution is 7.92. The number of ether oxygens (including phenoxy) is 1. The summed E-state index contributed by atoms with van der Waals surface area (Å²) in [5.74, 6) is 2.16. The van der Waals surface area contributed by atoms with Gasteiger partial charge in [-0.25, -0.2) is 8.42 Å². The molecule has 0 saturated carbocycles. The van der Waals surface area contributed by atoms with Gasteiger partial charge in [0.05, 0.1) is 10.6 Å². The Labute approximate surface area is 211 Å². The minimum atomic E-state index is -3.74. The number of sulfonamides is 1. The second kappa shape index (κ2) is 10.8. The van der Waals surface area contributed by atoms with Crippen molar-refractivity contribution < 1.29 is 13.2 Å². The molecule has 1 aliphatic heterocycles. The smallest absolute Gasteiger partial charge is 0.261 e. The second-order valence-electron chi connectivity index (χ2n) is 8.75. The van der Waals surface area contributed by atoms with E-state index in [2.05, 4.69) is 19.8 Å². The van der Waals surface area contributed by atoms with E-state index in [0.717, 1.165) is 30.2 Å². The number of nitrogens with zero attached hydrogens (tertiary/aromatic N) is 3. The van der Waals surface area contributed by atoms with E-state index in [-0.39, 0.29) is 4.90 Å². The van der Waals surface area contributed by atoms with Gasteiger partial charge in [0.2, 0.25) is 0 Å². The Bertz CT molecular complexity index is 1370. The summed E-state index contributed by atoms with van der Waals surface area (Å²) in [5.41, 5.74) is 2.09. The number of rotatable bonds is 7. The van der Waals surface area contributed by atoms with Crippen LogP contribution in [0.25, 0.3) is 11.3 Å². The van der Waals surface area contributed by atoms with E-state index in [0.29, 0.717) is 17.2 Å². The first-order valence-electron chi connectivity index (χ1n) is 12.1. The van der Waals surface area contributed by atoms with Crippen LogP contribution in [0.2, 0.25) is 0 Å². The van der Waals surface area contributed by atoms with Gasteiger partial charge in [0.1, 0.15) is 11.5 Å². The Balaban J connectivity index is 1.23. The quantitative estimate of drug-likeness (QED) is 0.329. The van der Waals surface area contributed by atoms with Crippen molar-refractivity contribution in [2.45, 2.75) is 30.6 Å². The summed E-state index contributed by atoms with van der Waals surface area (Å²) in [6.45, 7) is 2.04. The van der Waals surface area contributed by atoms with E-state index in [4.69, 9.17) is 4.74 Å². The lowest BCUT2D eigenvalue weighted by molar-refractivity contribution is 0.482. The molecule has 1 aliphatic rings. The molecule has 0 atom stereocenters. The van der Waals surface area contributed by atoms with Crippen LogP contribution in [0.3, 0.4) is 0 Å². The number of aromatic nitrogens is 2. The van der Waals surface area contributed by atoms with Gasteiger partial charge >= 0.3 is 0 Å². The van der Waals surface area contributed by atoms with Crippen molar-refractivity contribution in [3.05, 3.63) is 91.0 Å². The molecule has 0 unspecified atom stereocenters. The highest BCUT2D eigenvalue weighted by Gasteiger charge is 2.15. The summed E-state index contributed by atoms with van der Waals surface area (Å²) in [6.07, 6.45) is 4.91. The molecule has 8 heteroatoms. The van der Waals surface area contributed by atoms with Crippen molar-refractivity contribution in [3.63, 3.8) is 0 Å². The van der Waals surface area contributed by atoms with Crippen molar-refractivity contribution in [3.8, 4) is 22.8 Å². The Hall–Kier alpha value is -3.91. The predicted molar refractivity (Wildman–Crippen MR) is 142 cm³/mol. The van der Waals surface area contributed by atoms with Crippen LogP contribution in [-0.2, 0) is 10.0 Å². The third kappa shape index (κ3) is 5.83. The molecule has 7 nitrogen and oxygen atoms in total. The number of hydrogen-bond acceptors (Lipinski definition) is 6. The van der Waals surface area contributed by atoms with Crippen LogP contribution in [0, 0.1) is 0 Å². The molecule has 184 valence electrons. The Morgan fingerprint density at radius 1 is 0.694 bits per heavy atom. The summed E-state index contributed by atoms with van der Waals surface area (Å²) in [6, 6.07) is 26.8. The fraction of sp³-hybridized carbons (Fsp3) is 0.214. The van der Waals surface area contributed by atoms with Gasteiger partial charge in [-0.3, -0.25) is 4.72 Å². The first-order valence-corrected chi connectivity index (χ1v) is 13.6. The summed E-state index contributed by atoms with van der Waals surface area (Å²) in [7, 11) is -3.74. The first-order chi connectivity index (χ1) is 17.6. The monoisotopic (exact) mass is 500 g/mol. The third-order valence-electron chi connectivity index (χ3n) is 6.13. The number of anilines is 2. The largest absolute Gasteiger partial charge is 0.457 e. The van der Waals surface area contributed by atoms with Crippen molar-refractivity contribution in [2.75, 3.05) is 22.7 Å². The maximum absolute atomic E-state index is 12.9. The fourth-order valence-corrected chi connectivity index (χ4v) is 5.24. The average Bonchev–Trinajstić information content (AvgIpc) is 3.20. The fourth-order valence-electron chi connectivity index (χ4n) is 4.18. The Kier molecular flexibility index (Phi) is 7.13. The lowest BCUT2D eigenvalue weighted by Crippen LogP contribution is -2.25. The van der Waals surface area contributed by atoms with Crippen molar-refractivity contribution >= 4 is 21.5 Å². The number of hydrogen-bond donors (Lipinski definition) is 1. The first kappa shape index (κ1) is 23.8. The van der Waals surface area contributed by atoms with Crippen LogP contribution >= 0.6 is 0 Å². The lowest BCUT2D eigenvalue weighted by atomic mass is 10.1. The zero-order chi connectivity index (χ0) is 24.8. The van der Waals surface area contributed by atoms with Gasteiger partial charge in [0.15, 0.2) is 5.82 Å². The molecule has 1 N–H and O–H groups in total. The molecule has 1 fully saturated rings. The second-order valence-corrected chi connectivity index (χ2v) is 10.4. The third-order valence-corrected chi connectivity index (χ3v) is 7.52. The molecule has 0 radical (unpaired) electrons. The van der Waals surface area contributed by atoms with Crippen LogP contribution < -0.4 is 14.4 Å². The number of para-hydroxylation sites is 1. The summed E-state index contributed by atoms with van der Waals surface area (Å²) < 4.78 is 34.1. The number of nitrogens with one attached hydrogen (secondary N) is 1. The average molecular weight is 501 g/mol. The zero-order valence-electron chi connectivity index (χ0n) is 19.9. The molecule has 2 heterocycles. The number of benzene rings is 3. The predicted octanol–water partition coefficient (Wildman–Crippen LogP) is 6.12. The van der Waals surface area contributed by atoms with Gasteiger partial charge in [-0.15, -0.1) is 10.2 Å². The van der Waals surface area contributed by atoms with Gasteiger partial charge in [-0.1, -0.05) is 43.2 Å². The Morgan fingerprint density at radius 3 is 2.00 bits per heavy atom. The van der Waals surface area contributed by atoms with Crippen LogP contribution in [-0.4, -0.2) is 31.7 Å². The summed E-state index contributed by atoms with van der Waals surface area (Å²) in [5, 5.41) is 8.83. The van der Waals surface area contributed by atoms with Gasteiger partial charge < -0.3 is 9.64 Å². The molecule has 0 bridgehead atoms. The van der Waals surface area contributed by atoms with Crippen LogP contribution in [0.15, 0.2) is 95.9 Å². The molecular weight excluding hydrogens is 472 g/mol. The zero-order valence-corrected chi connectivity index (χ0v) is 20.7. The molecule has 1 saturated heterocycles. The van der Waals surface area contributed by atoms with Crippen molar-refractivity contribution in [1.82, 2.24) is 10.2 Å². The van der Waals surface area contributed by atoms with E-state index in [9.17, 15) is 8.42 Å². The maximum Gasteiger partial charge on any atom is 0.261 e. The molecule has 0 amide bonds. The van der Waals surface area contributed by atoms with E-state index >= 15 is 0 Å². The van der Waals surface area contributed by atoms with E-state index < -0.39 is 10.0 Å². The van der Waals surface area contributed by atoms with E-state index in [1.807, 2.05) is 54.6 Å². The molecule has 4 aromatic rings. The van der Waals surface area contributed by atoms with Crippen molar-refractivity contribution in [1.29, 1.82) is 0 Å². The minimum Gasteiger partial charge on any atom is -0.457 e. The van der Waals surface area contributed by atoms with E-state index in [1.54, 1.807) is 24.3 Å². The SMILES string of the molecule is O=S(=O)(Nc1ccc(-c2ccc(N3CCCCCC3)nn2)cc1)c1ccc(Oc2ccccc2)cc1. The van der Waals surface area contributed by atoms with E-state index in [1.165, 1.54) is 37.8 Å². The minimum absolute atomic E-state index is 0.155. The molecule has 1 aromatic heterocycles. The van der Waals surface area contributed by atoms with Gasteiger partial charge in [0.25, 0.3) is 10.0 Å². The molecule has 36 heavy (non-hydrogen) atoms.